The Bertz CT molecular complexity index is 541. The third-order valence-corrected chi connectivity index (χ3v) is 3.98. The van der Waals surface area contributed by atoms with Gasteiger partial charge in [0, 0.05) is 18.7 Å². The predicted octanol–water partition coefficient (Wildman–Crippen LogP) is 3.20. The van der Waals surface area contributed by atoms with Gasteiger partial charge in [0.1, 0.15) is 0 Å². The summed E-state index contributed by atoms with van der Waals surface area (Å²) in [5.41, 5.74) is 2.27. The number of alkyl halides is 2. The average molecular weight is 281 g/mol. The second kappa shape index (κ2) is 4.72. The van der Waals surface area contributed by atoms with Gasteiger partial charge >= 0.3 is 5.97 Å². The van der Waals surface area contributed by atoms with Crippen molar-refractivity contribution in [2.45, 2.75) is 31.1 Å². The number of anilines is 1. The smallest absolute Gasteiger partial charge is 0.337 e. The number of carbonyl (C=O) groups is 1. The standard InChI is InChI=1S/C15H17F2NO2/c1-20-14(19)11-4-5-12(10-2-3-10)13(8-11)18-7-6-15(16,17)9-18/h4-5,8,10H,2-3,6-7,9H2,1H3. The first-order valence-corrected chi connectivity index (χ1v) is 6.85. The fraction of sp³-hybridized carbons (Fsp3) is 0.533. The zero-order valence-electron chi connectivity index (χ0n) is 11.4. The van der Waals surface area contributed by atoms with E-state index < -0.39 is 11.9 Å². The molecule has 2 fully saturated rings. The van der Waals surface area contributed by atoms with Crippen molar-refractivity contribution in [3.63, 3.8) is 0 Å². The van der Waals surface area contributed by atoms with Crippen molar-refractivity contribution in [1.29, 1.82) is 0 Å². The van der Waals surface area contributed by atoms with Gasteiger partial charge in [-0.25, -0.2) is 13.6 Å². The lowest BCUT2D eigenvalue weighted by atomic mass is 10.0. The molecule has 0 N–H and O–H groups in total. The third-order valence-electron chi connectivity index (χ3n) is 3.98. The lowest BCUT2D eigenvalue weighted by Crippen LogP contribution is -2.26. The maximum absolute atomic E-state index is 13.4. The number of halogens is 2. The Morgan fingerprint density at radius 3 is 2.70 bits per heavy atom. The van der Waals surface area contributed by atoms with E-state index in [9.17, 15) is 13.6 Å². The largest absolute Gasteiger partial charge is 0.465 e. The lowest BCUT2D eigenvalue weighted by molar-refractivity contribution is 0.0257. The maximum atomic E-state index is 13.4. The van der Waals surface area contributed by atoms with Gasteiger partial charge < -0.3 is 9.64 Å². The van der Waals surface area contributed by atoms with Crippen molar-refractivity contribution in [3.05, 3.63) is 29.3 Å². The fourth-order valence-corrected chi connectivity index (χ4v) is 2.74. The van der Waals surface area contributed by atoms with E-state index in [0.717, 1.165) is 24.1 Å². The molecule has 0 aromatic heterocycles. The Labute approximate surface area is 116 Å². The summed E-state index contributed by atoms with van der Waals surface area (Å²) in [5, 5.41) is 0. The highest BCUT2D eigenvalue weighted by Crippen LogP contribution is 2.46. The molecule has 0 bridgehead atoms. The number of hydrogen-bond acceptors (Lipinski definition) is 3. The zero-order valence-corrected chi connectivity index (χ0v) is 11.4. The number of ether oxygens (including phenoxy) is 1. The van der Waals surface area contributed by atoms with Crippen LogP contribution in [0.15, 0.2) is 18.2 Å². The first-order valence-electron chi connectivity index (χ1n) is 6.85. The summed E-state index contributed by atoms with van der Waals surface area (Å²) in [5.74, 6) is -2.62. The first-order chi connectivity index (χ1) is 9.50. The van der Waals surface area contributed by atoms with Crippen molar-refractivity contribution in [2.75, 3.05) is 25.1 Å². The van der Waals surface area contributed by atoms with Gasteiger partial charge in [-0.05, 0) is 36.5 Å². The molecular weight excluding hydrogens is 264 g/mol. The minimum Gasteiger partial charge on any atom is -0.465 e. The van der Waals surface area contributed by atoms with Gasteiger partial charge in [-0.3, -0.25) is 0 Å². The molecule has 3 rings (SSSR count). The predicted molar refractivity (Wildman–Crippen MR) is 71.5 cm³/mol. The van der Waals surface area contributed by atoms with Crippen LogP contribution in [0, 0.1) is 0 Å². The van der Waals surface area contributed by atoms with Gasteiger partial charge in [0.15, 0.2) is 0 Å². The van der Waals surface area contributed by atoms with Crippen LogP contribution in [0.2, 0.25) is 0 Å². The highest BCUT2D eigenvalue weighted by Gasteiger charge is 2.40. The molecule has 1 aromatic carbocycles. The van der Waals surface area contributed by atoms with E-state index in [1.165, 1.54) is 7.11 Å². The SMILES string of the molecule is COC(=O)c1ccc(C2CC2)c(N2CCC(F)(F)C2)c1. The molecular formula is C15H17F2NO2. The summed E-state index contributed by atoms with van der Waals surface area (Å²) in [4.78, 5) is 13.3. The Hall–Kier alpha value is -1.65. The molecule has 3 nitrogen and oxygen atoms in total. The lowest BCUT2D eigenvalue weighted by Gasteiger charge is -2.22. The molecule has 0 unspecified atom stereocenters. The van der Waals surface area contributed by atoms with Crippen LogP contribution in [0.4, 0.5) is 14.5 Å². The number of benzene rings is 1. The Balaban J connectivity index is 1.95. The first kappa shape index (κ1) is 13.3. The normalized spacial score (nSPS) is 21.1. The fourth-order valence-electron chi connectivity index (χ4n) is 2.74. The van der Waals surface area contributed by atoms with E-state index in [1.54, 1.807) is 17.0 Å². The highest BCUT2D eigenvalue weighted by molar-refractivity contribution is 5.91. The molecule has 1 aliphatic heterocycles. The molecule has 1 saturated heterocycles. The topological polar surface area (TPSA) is 29.5 Å². The molecule has 2 aliphatic rings. The van der Waals surface area contributed by atoms with E-state index in [2.05, 4.69) is 0 Å². The van der Waals surface area contributed by atoms with E-state index >= 15 is 0 Å². The van der Waals surface area contributed by atoms with Gasteiger partial charge in [-0.2, -0.15) is 0 Å². The number of esters is 1. The summed E-state index contributed by atoms with van der Waals surface area (Å²) < 4.78 is 31.5. The molecule has 0 spiro atoms. The van der Waals surface area contributed by atoms with Crippen LogP contribution in [-0.2, 0) is 4.74 Å². The summed E-state index contributed by atoms with van der Waals surface area (Å²) in [6.45, 7) is 0.0642. The molecule has 108 valence electrons. The van der Waals surface area contributed by atoms with Crippen molar-refractivity contribution in [1.82, 2.24) is 0 Å². The maximum Gasteiger partial charge on any atom is 0.337 e. The summed E-state index contributed by atoms with van der Waals surface area (Å²) in [7, 11) is 1.32. The van der Waals surface area contributed by atoms with Crippen molar-refractivity contribution < 1.29 is 18.3 Å². The van der Waals surface area contributed by atoms with Crippen molar-refractivity contribution >= 4 is 11.7 Å². The second-order valence-corrected chi connectivity index (χ2v) is 5.57. The third kappa shape index (κ3) is 2.49. The van der Waals surface area contributed by atoms with Crippen LogP contribution < -0.4 is 4.90 Å². The van der Waals surface area contributed by atoms with Gasteiger partial charge in [-0.15, -0.1) is 0 Å². The van der Waals surface area contributed by atoms with Crippen LogP contribution in [0.3, 0.4) is 0 Å². The highest BCUT2D eigenvalue weighted by atomic mass is 19.3. The van der Waals surface area contributed by atoms with Crippen LogP contribution in [0.1, 0.15) is 41.1 Å². The molecule has 0 amide bonds. The van der Waals surface area contributed by atoms with Gasteiger partial charge in [0.25, 0.3) is 5.92 Å². The minimum atomic E-state index is -2.64. The Morgan fingerprint density at radius 2 is 2.15 bits per heavy atom. The van der Waals surface area contributed by atoms with Crippen molar-refractivity contribution in [2.24, 2.45) is 0 Å². The molecule has 5 heteroatoms. The van der Waals surface area contributed by atoms with Crippen LogP contribution in [0.25, 0.3) is 0 Å². The molecule has 0 atom stereocenters. The molecule has 1 aliphatic carbocycles. The number of hydrogen-bond donors (Lipinski definition) is 0. The zero-order chi connectivity index (χ0) is 14.3. The Kier molecular flexibility index (Phi) is 3.15. The van der Waals surface area contributed by atoms with Crippen LogP contribution in [0.5, 0.6) is 0 Å². The molecule has 1 aromatic rings. The van der Waals surface area contributed by atoms with Crippen LogP contribution in [-0.4, -0.2) is 32.1 Å². The summed E-state index contributed by atoms with van der Waals surface area (Å²) >= 11 is 0. The molecule has 1 heterocycles. The van der Waals surface area contributed by atoms with Crippen LogP contribution >= 0.6 is 0 Å². The number of rotatable bonds is 3. The second-order valence-electron chi connectivity index (χ2n) is 5.57. The monoisotopic (exact) mass is 281 g/mol. The number of methoxy groups -OCH3 is 1. The van der Waals surface area contributed by atoms with Gasteiger partial charge in [0.2, 0.25) is 0 Å². The van der Waals surface area contributed by atoms with E-state index in [4.69, 9.17) is 4.74 Å². The van der Waals surface area contributed by atoms with Gasteiger partial charge in [-0.1, -0.05) is 6.07 Å². The Morgan fingerprint density at radius 1 is 1.40 bits per heavy atom. The van der Waals surface area contributed by atoms with E-state index in [0.29, 0.717) is 18.0 Å². The minimum absolute atomic E-state index is 0.125. The quantitative estimate of drug-likeness (QED) is 0.797. The average Bonchev–Trinajstić information content (AvgIpc) is 3.21. The molecule has 20 heavy (non-hydrogen) atoms. The summed E-state index contributed by atoms with van der Waals surface area (Å²) in [6, 6.07) is 5.30. The van der Waals surface area contributed by atoms with Gasteiger partial charge in [0.05, 0.1) is 19.2 Å². The van der Waals surface area contributed by atoms with Crippen molar-refractivity contribution in [3.8, 4) is 0 Å². The number of nitrogens with zero attached hydrogens (tertiary/aromatic N) is 1. The summed E-state index contributed by atoms with van der Waals surface area (Å²) in [6.07, 6.45) is 2.06. The van der Waals surface area contributed by atoms with E-state index in [-0.39, 0.29) is 13.0 Å². The molecule has 1 saturated carbocycles. The molecule has 0 radical (unpaired) electrons. The number of carbonyl (C=O) groups excluding carboxylic acids is 1. The van der Waals surface area contributed by atoms with E-state index in [1.807, 2.05) is 6.07 Å².